The van der Waals surface area contributed by atoms with Crippen LogP contribution in [-0.4, -0.2) is 25.8 Å². The minimum absolute atomic E-state index is 0.335. The fraction of sp³-hybridized carbons (Fsp3) is 0.143. The number of amides is 1. The molecule has 5 heteroatoms. The predicted molar refractivity (Wildman–Crippen MR) is 103 cm³/mol. The molecule has 0 fully saturated rings. The van der Waals surface area contributed by atoms with Crippen molar-refractivity contribution in [3.05, 3.63) is 71.8 Å². The van der Waals surface area contributed by atoms with Gasteiger partial charge in [0.15, 0.2) is 0 Å². The molecular weight excluding hydrogens is 328 g/mol. The molecule has 132 valence electrons. The van der Waals surface area contributed by atoms with Crippen molar-refractivity contribution in [2.75, 3.05) is 13.7 Å². The monoisotopic (exact) mass is 348 g/mol. The zero-order chi connectivity index (χ0) is 18.4. The summed E-state index contributed by atoms with van der Waals surface area (Å²) in [6.45, 7) is 2.48. The van der Waals surface area contributed by atoms with Crippen LogP contribution in [0.3, 0.4) is 0 Å². The molecule has 3 aromatic carbocycles. The molecule has 0 heterocycles. The number of hydrazone groups is 1. The summed E-state index contributed by atoms with van der Waals surface area (Å²) in [6.07, 6.45) is 1.57. The van der Waals surface area contributed by atoms with Crippen LogP contribution >= 0.6 is 0 Å². The topological polar surface area (TPSA) is 59.9 Å². The number of methoxy groups -OCH3 is 1. The Kier molecular flexibility index (Phi) is 5.49. The van der Waals surface area contributed by atoms with Crippen LogP contribution in [0.4, 0.5) is 0 Å². The number of para-hydroxylation sites is 1. The fourth-order valence-corrected chi connectivity index (χ4v) is 2.66. The fourth-order valence-electron chi connectivity index (χ4n) is 2.66. The van der Waals surface area contributed by atoms with Crippen LogP contribution in [0.25, 0.3) is 10.8 Å². The first-order valence-corrected chi connectivity index (χ1v) is 8.35. The van der Waals surface area contributed by atoms with E-state index >= 15 is 0 Å². The Labute approximate surface area is 152 Å². The van der Waals surface area contributed by atoms with E-state index in [4.69, 9.17) is 9.47 Å². The molecule has 0 saturated heterocycles. The summed E-state index contributed by atoms with van der Waals surface area (Å²) in [5.41, 5.74) is 3.77. The molecule has 3 rings (SSSR count). The van der Waals surface area contributed by atoms with Gasteiger partial charge in [-0.15, -0.1) is 0 Å². The van der Waals surface area contributed by atoms with Crippen LogP contribution in [0, 0.1) is 0 Å². The molecular formula is C21H20N2O3. The first-order chi connectivity index (χ1) is 12.7. The van der Waals surface area contributed by atoms with Gasteiger partial charge < -0.3 is 9.47 Å². The van der Waals surface area contributed by atoms with Crippen LogP contribution in [0.5, 0.6) is 11.5 Å². The van der Waals surface area contributed by atoms with E-state index in [2.05, 4.69) is 10.5 Å². The number of ether oxygens (including phenoxy) is 2. The lowest BCUT2D eigenvalue weighted by Gasteiger charge is -2.09. The Morgan fingerprint density at radius 3 is 2.46 bits per heavy atom. The second-order valence-electron chi connectivity index (χ2n) is 5.57. The van der Waals surface area contributed by atoms with Gasteiger partial charge in [-0.3, -0.25) is 4.79 Å². The van der Waals surface area contributed by atoms with Crippen LogP contribution in [-0.2, 0) is 0 Å². The SMILES string of the molecule is CCOc1ccccc1C=NNC(=O)c1cc2ccccc2cc1OC. The molecule has 3 aromatic rings. The van der Waals surface area contributed by atoms with E-state index in [1.165, 1.54) is 0 Å². The number of hydrogen-bond donors (Lipinski definition) is 1. The molecule has 26 heavy (non-hydrogen) atoms. The standard InChI is InChI=1S/C21H20N2O3/c1-3-26-19-11-7-6-10-17(19)14-22-23-21(24)18-12-15-8-4-5-9-16(15)13-20(18)25-2/h4-14H,3H2,1-2H3,(H,23,24). The zero-order valence-electron chi connectivity index (χ0n) is 14.7. The summed E-state index contributed by atoms with van der Waals surface area (Å²) >= 11 is 0. The molecule has 0 radical (unpaired) electrons. The summed E-state index contributed by atoms with van der Waals surface area (Å²) in [5.74, 6) is 0.889. The predicted octanol–water partition coefficient (Wildman–Crippen LogP) is 4.01. The molecule has 5 nitrogen and oxygen atoms in total. The number of nitrogens with one attached hydrogen (secondary N) is 1. The summed E-state index contributed by atoms with van der Waals surface area (Å²) in [6, 6.07) is 19.0. The Balaban J connectivity index is 1.81. The van der Waals surface area contributed by atoms with E-state index in [0.29, 0.717) is 17.9 Å². The summed E-state index contributed by atoms with van der Waals surface area (Å²) in [4.78, 5) is 12.5. The lowest BCUT2D eigenvalue weighted by molar-refractivity contribution is 0.0952. The number of carbonyl (C=O) groups excluding carboxylic acids is 1. The maximum atomic E-state index is 12.5. The molecule has 0 aliphatic carbocycles. The third-order valence-corrected chi connectivity index (χ3v) is 3.90. The second-order valence-corrected chi connectivity index (χ2v) is 5.57. The van der Waals surface area contributed by atoms with Gasteiger partial charge >= 0.3 is 0 Å². The Bertz CT molecular complexity index is 951. The first-order valence-electron chi connectivity index (χ1n) is 8.35. The van der Waals surface area contributed by atoms with Crippen molar-refractivity contribution < 1.29 is 14.3 Å². The van der Waals surface area contributed by atoms with Crippen molar-refractivity contribution in [1.29, 1.82) is 0 Å². The molecule has 0 aromatic heterocycles. The summed E-state index contributed by atoms with van der Waals surface area (Å²) < 4.78 is 10.9. The van der Waals surface area contributed by atoms with Gasteiger partial charge in [0.1, 0.15) is 11.5 Å². The molecule has 0 aliphatic rings. The molecule has 0 saturated carbocycles. The number of nitrogens with zero attached hydrogens (tertiary/aromatic N) is 1. The average Bonchev–Trinajstić information content (AvgIpc) is 2.68. The lowest BCUT2D eigenvalue weighted by Crippen LogP contribution is -2.18. The lowest BCUT2D eigenvalue weighted by atomic mass is 10.1. The van der Waals surface area contributed by atoms with Crippen molar-refractivity contribution in [2.24, 2.45) is 5.10 Å². The molecule has 0 unspecified atom stereocenters. The summed E-state index contributed by atoms with van der Waals surface area (Å²) in [5, 5.41) is 6.03. The number of rotatable bonds is 6. The van der Waals surface area contributed by atoms with Gasteiger partial charge in [0.2, 0.25) is 0 Å². The Morgan fingerprint density at radius 2 is 1.73 bits per heavy atom. The van der Waals surface area contributed by atoms with Gasteiger partial charge in [-0.25, -0.2) is 5.43 Å². The van der Waals surface area contributed by atoms with Crippen molar-refractivity contribution in [2.45, 2.75) is 6.92 Å². The zero-order valence-corrected chi connectivity index (χ0v) is 14.7. The number of benzene rings is 3. The first kappa shape index (κ1) is 17.5. The third kappa shape index (κ3) is 3.83. The molecule has 1 N–H and O–H groups in total. The number of fused-ring (bicyclic) bond motifs is 1. The van der Waals surface area contributed by atoms with Gasteiger partial charge in [0.25, 0.3) is 5.91 Å². The minimum Gasteiger partial charge on any atom is -0.496 e. The quantitative estimate of drug-likeness (QED) is 0.541. The second kappa shape index (κ2) is 8.16. The van der Waals surface area contributed by atoms with Crippen LogP contribution < -0.4 is 14.9 Å². The van der Waals surface area contributed by atoms with E-state index in [1.54, 1.807) is 19.4 Å². The third-order valence-electron chi connectivity index (χ3n) is 3.90. The highest BCUT2D eigenvalue weighted by Crippen LogP contribution is 2.25. The van der Waals surface area contributed by atoms with E-state index in [9.17, 15) is 4.79 Å². The van der Waals surface area contributed by atoms with E-state index in [1.807, 2.05) is 61.5 Å². The largest absolute Gasteiger partial charge is 0.496 e. The normalized spacial score (nSPS) is 10.8. The van der Waals surface area contributed by atoms with Gasteiger partial charge in [-0.1, -0.05) is 36.4 Å². The average molecular weight is 348 g/mol. The maximum absolute atomic E-state index is 12.5. The van der Waals surface area contributed by atoms with Gasteiger partial charge in [0, 0.05) is 5.56 Å². The van der Waals surface area contributed by atoms with Crippen molar-refractivity contribution in [3.63, 3.8) is 0 Å². The highest BCUT2D eigenvalue weighted by atomic mass is 16.5. The molecule has 0 atom stereocenters. The molecule has 0 spiro atoms. The van der Waals surface area contributed by atoms with Crippen molar-refractivity contribution in [3.8, 4) is 11.5 Å². The smallest absolute Gasteiger partial charge is 0.275 e. The highest BCUT2D eigenvalue weighted by molar-refractivity contribution is 6.02. The van der Waals surface area contributed by atoms with Crippen LogP contribution in [0.2, 0.25) is 0 Å². The Morgan fingerprint density at radius 1 is 1.04 bits per heavy atom. The molecule has 1 amide bonds. The van der Waals surface area contributed by atoms with E-state index < -0.39 is 0 Å². The minimum atomic E-state index is -0.335. The highest BCUT2D eigenvalue weighted by Gasteiger charge is 2.13. The number of hydrogen-bond acceptors (Lipinski definition) is 4. The van der Waals surface area contributed by atoms with Gasteiger partial charge in [0.05, 0.1) is 25.5 Å². The Hall–Kier alpha value is -3.34. The van der Waals surface area contributed by atoms with Crippen molar-refractivity contribution >= 4 is 22.9 Å². The number of carbonyl (C=O) groups is 1. The van der Waals surface area contributed by atoms with E-state index in [-0.39, 0.29) is 5.91 Å². The molecule has 0 aliphatic heterocycles. The van der Waals surface area contributed by atoms with Crippen molar-refractivity contribution in [1.82, 2.24) is 5.43 Å². The summed E-state index contributed by atoms with van der Waals surface area (Å²) in [7, 11) is 1.54. The maximum Gasteiger partial charge on any atom is 0.275 e. The van der Waals surface area contributed by atoms with Crippen LogP contribution in [0.1, 0.15) is 22.8 Å². The van der Waals surface area contributed by atoms with Gasteiger partial charge in [-0.2, -0.15) is 5.10 Å². The van der Waals surface area contributed by atoms with Gasteiger partial charge in [-0.05, 0) is 42.0 Å². The van der Waals surface area contributed by atoms with E-state index in [0.717, 1.165) is 22.1 Å². The molecule has 0 bridgehead atoms. The van der Waals surface area contributed by atoms with Crippen LogP contribution in [0.15, 0.2) is 65.8 Å².